The minimum atomic E-state index is -0.360. The fourth-order valence-electron chi connectivity index (χ4n) is 2.77. The third kappa shape index (κ3) is 4.54. The number of hydrogen-bond acceptors (Lipinski definition) is 4. The Morgan fingerprint density at radius 3 is 2.76 bits per heavy atom. The van der Waals surface area contributed by atoms with E-state index in [0.29, 0.717) is 25.3 Å². The van der Waals surface area contributed by atoms with Gasteiger partial charge in [0.15, 0.2) is 0 Å². The van der Waals surface area contributed by atoms with Crippen molar-refractivity contribution in [3.05, 3.63) is 0 Å². The number of nitrogens with zero attached hydrogens (tertiary/aromatic N) is 1. The van der Waals surface area contributed by atoms with Gasteiger partial charge in [-0.15, -0.1) is 0 Å². The molecule has 2 fully saturated rings. The highest BCUT2D eigenvalue weighted by molar-refractivity contribution is 4.79. The zero-order valence-corrected chi connectivity index (χ0v) is 10.9. The summed E-state index contributed by atoms with van der Waals surface area (Å²) in [5, 5.41) is 13.3. The van der Waals surface area contributed by atoms with Crippen LogP contribution in [0.3, 0.4) is 0 Å². The van der Waals surface area contributed by atoms with Crippen LogP contribution in [0.4, 0.5) is 0 Å². The zero-order chi connectivity index (χ0) is 12.1. The fourth-order valence-corrected chi connectivity index (χ4v) is 2.77. The Balaban J connectivity index is 1.52. The van der Waals surface area contributed by atoms with E-state index in [1.165, 1.54) is 32.1 Å². The maximum absolute atomic E-state index is 9.83. The molecular formula is C13H26N2O2. The minimum Gasteiger partial charge on any atom is -0.389 e. The molecule has 0 spiro atoms. The van der Waals surface area contributed by atoms with Crippen molar-refractivity contribution in [2.75, 3.05) is 33.3 Å². The van der Waals surface area contributed by atoms with Crippen LogP contribution in [-0.2, 0) is 4.74 Å². The topological polar surface area (TPSA) is 44.7 Å². The SMILES string of the molecule is CN1CCC(NCC(O)COC2CCCC2)C1. The van der Waals surface area contributed by atoms with Crippen molar-refractivity contribution in [2.45, 2.75) is 50.4 Å². The second-order valence-corrected chi connectivity index (χ2v) is 5.55. The molecule has 100 valence electrons. The Labute approximate surface area is 104 Å². The molecule has 4 heteroatoms. The van der Waals surface area contributed by atoms with Gasteiger partial charge >= 0.3 is 0 Å². The smallest absolute Gasteiger partial charge is 0.0897 e. The predicted molar refractivity (Wildman–Crippen MR) is 68.1 cm³/mol. The molecule has 4 nitrogen and oxygen atoms in total. The molecule has 0 aromatic rings. The Bertz CT molecular complexity index is 219. The van der Waals surface area contributed by atoms with Crippen LogP contribution in [0.2, 0.25) is 0 Å². The molecule has 1 saturated carbocycles. The summed E-state index contributed by atoms with van der Waals surface area (Å²) >= 11 is 0. The van der Waals surface area contributed by atoms with Crippen LogP contribution in [0.25, 0.3) is 0 Å². The monoisotopic (exact) mass is 242 g/mol. The Hall–Kier alpha value is -0.160. The van der Waals surface area contributed by atoms with Crippen LogP contribution in [0, 0.1) is 0 Å². The van der Waals surface area contributed by atoms with Crippen LogP contribution in [0.1, 0.15) is 32.1 Å². The molecule has 0 amide bonds. The highest BCUT2D eigenvalue weighted by Gasteiger charge is 2.20. The lowest BCUT2D eigenvalue weighted by molar-refractivity contribution is -0.00612. The fraction of sp³-hybridized carbons (Fsp3) is 1.00. The van der Waals surface area contributed by atoms with Crippen molar-refractivity contribution < 1.29 is 9.84 Å². The van der Waals surface area contributed by atoms with E-state index in [4.69, 9.17) is 4.74 Å². The van der Waals surface area contributed by atoms with Gasteiger partial charge in [-0.25, -0.2) is 0 Å². The van der Waals surface area contributed by atoms with Gasteiger partial charge in [0.25, 0.3) is 0 Å². The summed E-state index contributed by atoms with van der Waals surface area (Å²) < 4.78 is 5.70. The quantitative estimate of drug-likeness (QED) is 0.716. The molecular weight excluding hydrogens is 216 g/mol. The molecule has 17 heavy (non-hydrogen) atoms. The van der Waals surface area contributed by atoms with E-state index in [0.717, 1.165) is 13.1 Å². The lowest BCUT2D eigenvalue weighted by Gasteiger charge is -2.18. The van der Waals surface area contributed by atoms with Gasteiger partial charge in [-0.1, -0.05) is 12.8 Å². The summed E-state index contributed by atoms with van der Waals surface area (Å²) in [5.41, 5.74) is 0. The maximum atomic E-state index is 9.83. The average molecular weight is 242 g/mol. The number of ether oxygens (including phenoxy) is 1. The molecule has 2 atom stereocenters. The third-order valence-corrected chi connectivity index (χ3v) is 3.86. The van der Waals surface area contributed by atoms with E-state index in [-0.39, 0.29) is 6.10 Å². The van der Waals surface area contributed by atoms with Gasteiger partial charge in [-0.3, -0.25) is 0 Å². The van der Waals surface area contributed by atoms with Gasteiger partial charge < -0.3 is 20.1 Å². The molecule has 0 bridgehead atoms. The molecule has 1 aliphatic heterocycles. The van der Waals surface area contributed by atoms with E-state index < -0.39 is 0 Å². The van der Waals surface area contributed by atoms with Crippen molar-refractivity contribution in [2.24, 2.45) is 0 Å². The summed E-state index contributed by atoms with van der Waals surface area (Å²) in [6, 6.07) is 0.543. The second kappa shape index (κ2) is 6.69. The number of likely N-dealkylation sites (tertiary alicyclic amines) is 1. The summed E-state index contributed by atoms with van der Waals surface area (Å²) in [7, 11) is 2.14. The number of nitrogens with one attached hydrogen (secondary N) is 1. The number of aliphatic hydroxyl groups excluding tert-OH is 1. The van der Waals surface area contributed by atoms with Crippen molar-refractivity contribution >= 4 is 0 Å². The van der Waals surface area contributed by atoms with Crippen LogP contribution in [0.5, 0.6) is 0 Å². The molecule has 2 aliphatic rings. The van der Waals surface area contributed by atoms with Gasteiger partial charge in [-0.05, 0) is 32.9 Å². The van der Waals surface area contributed by atoms with Gasteiger partial charge in [0.05, 0.1) is 18.8 Å². The molecule has 1 saturated heterocycles. The predicted octanol–water partition coefficient (Wildman–Crippen LogP) is 0.600. The van der Waals surface area contributed by atoms with E-state index in [1.54, 1.807) is 0 Å². The highest BCUT2D eigenvalue weighted by Crippen LogP contribution is 2.20. The first kappa shape index (κ1) is 13.3. The van der Waals surface area contributed by atoms with Crippen molar-refractivity contribution in [1.29, 1.82) is 0 Å². The van der Waals surface area contributed by atoms with Crippen molar-refractivity contribution in [1.82, 2.24) is 10.2 Å². The normalized spacial score (nSPS) is 28.9. The molecule has 0 radical (unpaired) electrons. The second-order valence-electron chi connectivity index (χ2n) is 5.55. The number of likely N-dealkylation sites (N-methyl/N-ethyl adjacent to an activating group) is 1. The minimum absolute atomic E-state index is 0.360. The Morgan fingerprint density at radius 1 is 1.35 bits per heavy atom. The summed E-state index contributed by atoms with van der Waals surface area (Å²) in [5.74, 6) is 0. The first-order valence-electron chi connectivity index (χ1n) is 6.95. The molecule has 1 heterocycles. The van der Waals surface area contributed by atoms with Gasteiger partial charge in [0.1, 0.15) is 0 Å². The lowest BCUT2D eigenvalue weighted by Crippen LogP contribution is -2.39. The lowest BCUT2D eigenvalue weighted by atomic mass is 10.2. The number of aliphatic hydroxyl groups is 1. The van der Waals surface area contributed by atoms with E-state index in [2.05, 4.69) is 17.3 Å². The van der Waals surface area contributed by atoms with E-state index in [1.807, 2.05) is 0 Å². The maximum Gasteiger partial charge on any atom is 0.0897 e. The van der Waals surface area contributed by atoms with Gasteiger partial charge in [0.2, 0.25) is 0 Å². The molecule has 2 N–H and O–H groups in total. The van der Waals surface area contributed by atoms with Gasteiger partial charge in [0, 0.05) is 19.1 Å². The third-order valence-electron chi connectivity index (χ3n) is 3.86. The summed E-state index contributed by atoms with van der Waals surface area (Å²) in [4.78, 5) is 2.32. The number of hydrogen-bond donors (Lipinski definition) is 2. The average Bonchev–Trinajstić information content (AvgIpc) is 2.95. The first-order valence-corrected chi connectivity index (χ1v) is 6.95. The molecule has 2 unspecified atom stereocenters. The van der Waals surface area contributed by atoms with Gasteiger partial charge in [-0.2, -0.15) is 0 Å². The zero-order valence-electron chi connectivity index (χ0n) is 10.9. The molecule has 2 rings (SSSR count). The highest BCUT2D eigenvalue weighted by atomic mass is 16.5. The summed E-state index contributed by atoms with van der Waals surface area (Å²) in [6.07, 6.45) is 6.15. The molecule has 0 aromatic heterocycles. The van der Waals surface area contributed by atoms with Crippen LogP contribution in [-0.4, -0.2) is 61.5 Å². The summed E-state index contributed by atoms with van der Waals surface area (Å²) in [6.45, 7) is 3.40. The Morgan fingerprint density at radius 2 is 2.12 bits per heavy atom. The standard InChI is InChI=1S/C13H26N2O2/c1-15-7-6-11(9-15)14-8-12(16)10-17-13-4-2-3-5-13/h11-14,16H,2-10H2,1H3. The van der Waals surface area contributed by atoms with Crippen molar-refractivity contribution in [3.63, 3.8) is 0 Å². The van der Waals surface area contributed by atoms with E-state index >= 15 is 0 Å². The van der Waals surface area contributed by atoms with Crippen LogP contribution < -0.4 is 5.32 Å². The van der Waals surface area contributed by atoms with Crippen molar-refractivity contribution in [3.8, 4) is 0 Å². The van der Waals surface area contributed by atoms with E-state index in [9.17, 15) is 5.11 Å². The Kier molecular flexibility index (Phi) is 5.22. The molecule has 0 aromatic carbocycles. The van der Waals surface area contributed by atoms with Crippen LogP contribution >= 0.6 is 0 Å². The first-order chi connectivity index (χ1) is 8.24. The van der Waals surface area contributed by atoms with Crippen LogP contribution in [0.15, 0.2) is 0 Å². The molecule has 1 aliphatic carbocycles. The largest absolute Gasteiger partial charge is 0.389 e. The number of rotatable bonds is 6.